The second-order valence-electron chi connectivity index (χ2n) is 3.17. The van der Waals surface area contributed by atoms with Crippen LogP contribution in [0.25, 0.3) is 22.0 Å². The topological polar surface area (TPSA) is 38.7 Å². The van der Waals surface area contributed by atoms with Gasteiger partial charge in [0.2, 0.25) is 0 Å². The molecule has 0 radical (unpaired) electrons. The van der Waals surface area contributed by atoms with E-state index < -0.39 is 0 Å². The number of rotatable bonds is 0. The smallest absolute Gasteiger partial charge is 0.0945 e. The molecule has 1 aliphatic heterocycles. The van der Waals surface area contributed by atoms with E-state index in [-0.39, 0.29) is 0 Å². The fraction of sp³-hybridized carbons (Fsp3) is 0. The van der Waals surface area contributed by atoms with Crippen LogP contribution in [0.3, 0.4) is 0 Å². The second kappa shape index (κ2) is 2.73. The Bertz CT molecular complexity index is 562. The fourth-order valence-electron chi connectivity index (χ4n) is 1.54. The van der Waals surface area contributed by atoms with Crippen molar-refractivity contribution >= 4 is 10.8 Å². The zero-order valence-corrected chi connectivity index (χ0v) is 7.38. The van der Waals surface area contributed by atoms with Crippen LogP contribution in [0, 0.1) is 0 Å². The molecule has 3 heteroatoms. The molecule has 0 atom stereocenters. The molecule has 2 aliphatic rings. The van der Waals surface area contributed by atoms with Crippen molar-refractivity contribution < 1.29 is 0 Å². The third-order valence-electron chi connectivity index (χ3n) is 2.28. The average molecular weight is 181 g/mol. The van der Waals surface area contributed by atoms with E-state index in [0.717, 1.165) is 22.0 Å². The first kappa shape index (κ1) is 7.38. The van der Waals surface area contributed by atoms with E-state index in [1.807, 2.05) is 24.4 Å². The summed E-state index contributed by atoms with van der Waals surface area (Å²) in [6, 6.07) is 8.05. The van der Waals surface area contributed by atoms with Crippen LogP contribution in [0.4, 0.5) is 0 Å². The van der Waals surface area contributed by atoms with Gasteiger partial charge in [0.15, 0.2) is 0 Å². The molecule has 1 aromatic heterocycles. The van der Waals surface area contributed by atoms with E-state index in [1.54, 1.807) is 12.4 Å². The van der Waals surface area contributed by atoms with Gasteiger partial charge in [-0.25, -0.2) is 0 Å². The number of aromatic nitrogens is 3. The van der Waals surface area contributed by atoms with Crippen molar-refractivity contribution in [3.05, 3.63) is 42.9 Å². The van der Waals surface area contributed by atoms with Gasteiger partial charge in [0, 0.05) is 23.3 Å². The molecule has 2 heterocycles. The number of hydrogen-bond donors (Lipinski definition) is 0. The van der Waals surface area contributed by atoms with Crippen molar-refractivity contribution in [2.75, 3.05) is 0 Å². The Hall–Kier alpha value is -2.03. The van der Waals surface area contributed by atoms with Crippen LogP contribution in [0.2, 0.25) is 0 Å². The predicted molar refractivity (Wildman–Crippen MR) is 54.0 cm³/mol. The molecule has 1 aliphatic carbocycles. The molecule has 3 rings (SSSR count). The lowest BCUT2D eigenvalue weighted by molar-refractivity contribution is 1.10. The first-order valence-electron chi connectivity index (χ1n) is 4.39. The summed E-state index contributed by atoms with van der Waals surface area (Å²) in [7, 11) is 0. The number of nitrogens with zero attached hydrogens (tertiary/aromatic N) is 3. The second-order valence-corrected chi connectivity index (χ2v) is 3.17. The van der Waals surface area contributed by atoms with Gasteiger partial charge in [-0.3, -0.25) is 4.98 Å². The first-order valence-corrected chi connectivity index (χ1v) is 4.39. The highest BCUT2D eigenvalue weighted by molar-refractivity contribution is 5.85. The van der Waals surface area contributed by atoms with Crippen molar-refractivity contribution in [3.8, 4) is 11.3 Å². The third kappa shape index (κ3) is 1.03. The summed E-state index contributed by atoms with van der Waals surface area (Å²) in [6.45, 7) is 0. The Balaban J connectivity index is 2.48. The Morgan fingerprint density at radius 3 is 2.93 bits per heavy atom. The van der Waals surface area contributed by atoms with E-state index in [4.69, 9.17) is 0 Å². The molecular formula is C11H7N3. The quantitative estimate of drug-likeness (QED) is 0.533. The minimum atomic E-state index is 0.918. The highest BCUT2D eigenvalue weighted by Crippen LogP contribution is 2.21. The summed E-state index contributed by atoms with van der Waals surface area (Å²) in [5.41, 5.74) is 1.97. The van der Waals surface area contributed by atoms with E-state index in [2.05, 4.69) is 21.2 Å². The normalized spacial score (nSPS) is 10.9. The van der Waals surface area contributed by atoms with Gasteiger partial charge in [-0.1, -0.05) is 6.07 Å². The van der Waals surface area contributed by atoms with Gasteiger partial charge in [0.25, 0.3) is 0 Å². The molecule has 0 amide bonds. The zero-order valence-electron chi connectivity index (χ0n) is 7.38. The van der Waals surface area contributed by atoms with Crippen LogP contribution in [-0.4, -0.2) is 15.2 Å². The maximum absolute atomic E-state index is 4.09. The average Bonchev–Trinajstić information content (AvgIpc) is 2.58. The van der Waals surface area contributed by atoms with Crippen molar-refractivity contribution in [3.63, 3.8) is 0 Å². The number of hydrogen-bond acceptors (Lipinski definition) is 3. The molecule has 1 aromatic rings. The molecule has 66 valence electrons. The van der Waals surface area contributed by atoms with Gasteiger partial charge < -0.3 is 0 Å². The molecule has 0 N–H and O–H groups in total. The van der Waals surface area contributed by atoms with Crippen molar-refractivity contribution in [1.29, 1.82) is 0 Å². The minimum absolute atomic E-state index is 0.918. The molecule has 0 fully saturated rings. The molecule has 0 saturated heterocycles. The van der Waals surface area contributed by atoms with Gasteiger partial charge in [-0.15, -0.1) is 0 Å². The first-order chi connectivity index (χ1) is 6.93. The van der Waals surface area contributed by atoms with Gasteiger partial charge in [-0.2, -0.15) is 10.2 Å². The largest absolute Gasteiger partial charge is 0.264 e. The predicted octanol–water partition coefficient (Wildman–Crippen LogP) is 2.13. The molecular weight excluding hydrogens is 174 g/mol. The highest BCUT2D eigenvalue weighted by Gasteiger charge is 2.02. The van der Waals surface area contributed by atoms with Crippen LogP contribution in [0.5, 0.6) is 0 Å². The van der Waals surface area contributed by atoms with Gasteiger partial charge >= 0.3 is 0 Å². The SMILES string of the molecule is c1cc2ccc3nncc-3cc2cn1. The number of fused-ring (bicyclic) bond motifs is 2. The summed E-state index contributed by atoms with van der Waals surface area (Å²) in [5, 5.41) is 10.2. The van der Waals surface area contributed by atoms with E-state index in [0.29, 0.717) is 0 Å². The lowest BCUT2D eigenvalue weighted by Gasteiger charge is -1.88. The Morgan fingerprint density at radius 2 is 1.93 bits per heavy atom. The van der Waals surface area contributed by atoms with Crippen LogP contribution in [-0.2, 0) is 0 Å². The standard InChI is InChI=1S/C11H7N3/c1-2-11-10(7-13-14-11)5-9-6-12-4-3-8(1)9/h1-7H. The van der Waals surface area contributed by atoms with Crippen LogP contribution in [0.1, 0.15) is 0 Å². The summed E-state index contributed by atoms with van der Waals surface area (Å²) in [6.07, 6.45) is 5.40. The van der Waals surface area contributed by atoms with Gasteiger partial charge in [-0.05, 0) is 23.6 Å². The lowest BCUT2D eigenvalue weighted by atomic mass is 10.2. The molecule has 0 spiro atoms. The zero-order chi connectivity index (χ0) is 9.38. The molecule has 14 heavy (non-hydrogen) atoms. The van der Waals surface area contributed by atoms with Crippen LogP contribution < -0.4 is 0 Å². The molecule has 0 saturated carbocycles. The summed E-state index contributed by atoms with van der Waals surface area (Å²) in [5.74, 6) is 0. The third-order valence-corrected chi connectivity index (χ3v) is 2.28. The summed E-state index contributed by atoms with van der Waals surface area (Å²) < 4.78 is 0. The monoisotopic (exact) mass is 181 g/mol. The van der Waals surface area contributed by atoms with E-state index in [9.17, 15) is 0 Å². The Kier molecular flexibility index (Phi) is 1.44. The summed E-state index contributed by atoms with van der Waals surface area (Å²) in [4.78, 5) is 4.09. The van der Waals surface area contributed by atoms with Crippen molar-refractivity contribution in [1.82, 2.24) is 15.2 Å². The molecule has 0 bridgehead atoms. The Morgan fingerprint density at radius 1 is 0.929 bits per heavy atom. The summed E-state index contributed by atoms with van der Waals surface area (Å²) >= 11 is 0. The van der Waals surface area contributed by atoms with Gasteiger partial charge in [0.1, 0.15) is 0 Å². The van der Waals surface area contributed by atoms with Crippen LogP contribution in [0.15, 0.2) is 42.9 Å². The maximum Gasteiger partial charge on any atom is 0.0945 e. The fourth-order valence-corrected chi connectivity index (χ4v) is 1.54. The number of pyridine rings is 1. The highest BCUT2D eigenvalue weighted by atomic mass is 15.1. The minimum Gasteiger partial charge on any atom is -0.264 e. The van der Waals surface area contributed by atoms with E-state index in [1.165, 1.54) is 0 Å². The van der Waals surface area contributed by atoms with Crippen molar-refractivity contribution in [2.24, 2.45) is 0 Å². The lowest BCUT2D eigenvalue weighted by Crippen LogP contribution is -1.69. The molecule has 3 nitrogen and oxygen atoms in total. The van der Waals surface area contributed by atoms with E-state index >= 15 is 0 Å². The molecule has 0 aromatic carbocycles. The molecule has 0 unspecified atom stereocenters. The Labute approximate surface area is 80.8 Å². The van der Waals surface area contributed by atoms with Crippen molar-refractivity contribution in [2.45, 2.75) is 0 Å². The maximum atomic E-state index is 4.09. The van der Waals surface area contributed by atoms with Gasteiger partial charge in [0.05, 0.1) is 11.9 Å². The van der Waals surface area contributed by atoms with Crippen LogP contribution >= 0.6 is 0 Å².